The molecule has 2 aliphatic carbocycles. The highest BCUT2D eigenvalue weighted by molar-refractivity contribution is 7.99. The highest BCUT2D eigenvalue weighted by Gasteiger charge is 2.21. The van der Waals surface area contributed by atoms with E-state index in [-0.39, 0.29) is 11.7 Å². The number of anilines is 1. The van der Waals surface area contributed by atoms with Gasteiger partial charge >= 0.3 is 0 Å². The average molecular weight is 498 g/mol. The fourth-order valence-electron chi connectivity index (χ4n) is 5.15. The van der Waals surface area contributed by atoms with Gasteiger partial charge in [0.1, 0.15) is 16.9 Å². The number of nitriles is 1. The summed E-state index contributed by atoms with van der Waals surface area (Å²) in [5.41, 5.74) is 1.82. The molecule has 8 heteroatoms. The van der Waals surface area contributed by atoms with Crippen molar-refractivity contribution in [2.45, 2.75) is 95.2 Å². The molecule has 2 aromatic rings. The molecule has 2 aromatic heterocycles. The predicted octanol–water partition coefficient (Wildman–Crippen LogP) is 6.30. The Hall–Kier alpha value is -2.11. The van der Waals surface area contributed by atoms with Gasteiger partial charge in [-0.15, -0.1) is 28.1 Å². The maximum atomic E-state index is 12.8. The van der Waals surface area contributed by atoms with Crippen molar-refractivity contribution < 1.29 is 4.79 Å². The molecule has 4 rings (SSSR count). The zero-order chi connectivity index (χ0) is 23.8. The van der Waals surface area contributed by atoms with Gasteiger partial charge in [-0.3, -0.25) is 4.79 Å². The second-order valence-corrected chi connectivity index (χ2v) is 11.5. The summed E-state index contributed by atoms with van der Waals surface area (Å²) in [7, 11) is 0. The molecule has 0 aromatic carbocycles. The van der Waals surface area contributed by atoms with Gasteiger partial charge in [0.25, 0.3) is 0 Å². The normalized spacial score (nSPS) is 16.8. The molecule has 0 spiro atoms. The zero-order valence-corrected chi connectivity index (χ0v) is 21.6. The molecule has 6 nitrogen and oxygen atoms in total. The van der Waals surface area contributed by atoms with E-state index in [1.807, 2.05) is 6.08 Å². The average Bonchev–Trinajstić information content (AvgIpc) is 3.37. The third-order valence-corrected chi connectivity index (χ3v) is 9.15. The summed E-state index contributed by atoms with van der Waals surface area (Å²) in [5.74, 6) is 1.92. The molecule has 34 heavy (non-hydrogen) atoms. The van der Waals surface area contributed by atoms with Crippen LogP contribution in [0.3, 0.4) is 0 Å². The van der Waals surface area contributed by atoms with Crippen molar-refractivity contribution in [3.8, 4) is 6.07 Å². The zero-order valence-electron chi connectivity index (χ0n) is 20.0. The number of aromatic nitrogens is 3. The minimum absolute atomic E-state index is 0.104. The number of thiophene rings is 1. The number of nitrogens with one attached hydrogen (secondary N) is 1. The number of amides is 1. The Morgan fingerprint density at radius 2 is 1.94 bits per heavy atom. The number of nitrogens with zero attached hydrogens (tertiary/aromatic N) is 4. The van der Waals surface area contributed by atoms with Crippen LogP contribution in [-0.2, 0) is 30.6 Å². The van der Waals surface area contributed by atoms with Gasteiger partial charge < -0.3 is 9.88 Å². The minimum Gasteiger partial charge on any atom is -0.316 e. The van der Waals surface area contributed by atoms with Crippen LogP contribution in [0.4, 0.5) is 5.00 Å². The first kappa shape index (κ1) is 25.0. The van der Waals surface area contributed by atoms with Crippen LogP contribution in [0.2, 0.25) is 0 Å². The molecule has 0 radical (unpaired) electrons. The Kier molecular flexibility index (Phi) is 9.23. The van der Waals surface area contributed by atoms with Crippen molar-refractivity contribution in [3.63, 3.8) is 0 Å². The van der Waals surface area contributed by atoms with Gasteiger partial charge in [0.05, 0.1) is 11.3 Å². The van der Waals surface area contributed by atoms with E-state index >= 15 is 0 Å². The molecule has 0 atom stereocenters. The molecule has 0 bridgehead atoms. The molecule has 2 aliphatic rings. The van der Waals surface area contributed by atoms with E-state index in [9.17, 15) is 10.1 Å². The summed E-state index contributed by atoms with van der Waals surface area (Å²) in [6.07, 6.45) is 17.3. The maximum absolute atomic E-state index is 12.8. The minimum atomic E-state index is -0.104. The van der Waals surface area contributed by atoms with Crippen molar-refractivity contribution in [1.82, 2.24) is 14.8 Å². The SMILES string of the molecule is C=CCn1c(CCC2CCCCC2)nnc1SCC(=O)Nc1sc2c(c1C#N)CCCCCC2. The molecule has 1 fully saturated rings. The van der Waals surface area contributed by atoms with Crippen LogP contribution in [0.15, 0.2) is 17.8 Å². The molecule has 0 aliphatic heterocycles. The number of rotatable bonds is 9. The molecule has 1 N–H and O–H groups in total. The highest BCUT2D eigenvalue weighted by atomic mass is 32.2. The predicted molar refractivity (Wildman–Crippen MR) is 139 cm³/mol. The van der Waals surface area contributed by atoms with E-state index in [0.717, 1.165) is 61.0 Å². The summed E-state index contributed by atoms with van der Waals surface area (Å²) in [4.78, 5) is 14.1. The maximum Gasteiger partial charge on any atom is 0.235 e. The third-order valence-electron chi connectivity index (χ3n) is 6.97. The second kappa shape index (κ2) is 12.6. The first-order valence-corrected chi connectivity index (χ1v) is 14.5. The van der Waals surface area contributed by atoms with Gasteiger partial charge in [0, 0.05) is 17.8 Å². The molecular formula is C26H35N5OS2. The number of hydrogen-bond acceptors (Lipinski definition) is 6. The smallest absolute Gasteiger partial charge is 0.235 e. The van der Waals surface area contributed by atoms with Crippen LogP contribution >= 0.6 is 23.1 Å². The lowest BCUT2D eigenvalue weighted by Gasteiger charge is -2.21. The fraction of sp³-hybridized carbons (Fsp3) is 0.615. The first-order chi connectivity index (χ1) is 16.7. The van der Waals surface area contributed by atoms with E-state index in [4.69, 9.17) is 0 Å². The van der Waals surface area contributed by atoms with Crippen LogP contribution in [0.5, 0.6) is 0 Å². The number of allylic oxidation sites excluding steroid dienone is 1. The number of carbonyl (C=O) groups is 1. The molecule has 1 amide bonds. The van der Waals surface area contributed by atoms with Gasteiger partial charge in [-0.25, -0.2) is 0 Å². The Bertz CT molecular complexity index is 1030. The van der Waals surface area contributed by atoms with Crippen molar-refractivity contribution in [2.24, 2.45) is 5.92 Å². The summed E-state index contributed by atoms with van der Waals surface area (Å²) in [6, 6.07) is 2.35. The monoisotopic (exact) mass is 497 g/mol. The lowest BCUT2D eigenvalue weighted by Crippen LogP contribution is -2.15. The number of carbonyl (C=O) groups excluding carboxylic acids is 1. The van der Waals surface area contributed by atoms with Gasteiger partial charge in [0.15, 0.2) is 5.16 Å². The van der Waals surface area contributed by atoms with E-state index in [2.05, 4.69) is 32.7 Å². The molecule has 1 saturated carbocycles. The fourth-order valence-corrected chi connectivity index (χ4v) is 7.17. The topological polar surface area (TPSA) is 83.6 Å². The Morgan fingerprint density at radius 3 is 2.71 bits per heavy atom. The number of hydrogen-bond donors (Lipinski definition) is 1. The standard InChI is InChI=1S/C26H35N5OS2/c1-2-16-31-23(15-14-19-10-6-5-7-11-19)29-30-26(31)33-18-24(32)28-25-21(17-27)20-12-8-3-4-9-13-22(20)34-25/h2,19H,1,3-16,18H2,(H,28,32). The van der Waals surface area contributed by atoms with Crippen LogP contribution in [0.1, 0.15) is 86.0 Å². The molecule has 182 valence electrons. The highest BCUT2D eigenvalue weighted by Crippen LogP contribution is 2.36. The van der Waals surface area contributed by atoms with E-state index in [1.54, 1.807) is 11.3 Å². The van der Waals surface area contributed by atoms with Crippen molar-refractivity contribution in [1.29, 1.82) is 5.26 Å². The molecule has 2 heterocycles. The summed E-state index contributed by atoms with van der Waals surface area (Å²) < 4.78 is 2.09. The van der Waals surface area contributed by atoms with Gasteiger partial charge in [-0.1, -0.05) is 62.8 Å². The van der Waals surface area contributed by atoms with Crippen LogP contribution < -0.4 is 5.32 Å². The number of fused-ring (bicyclic) bond motifs is 1. The summed E-state index contributed by atoms with van der Waals surface area (Å²) >= 11 is 2.99. The van der Waals surface area contributed by atoms with E-state index in [1.165, 1.54) is 61.6 Å². The molecular weight excluding hydrogens is 462 g/mol. The van der Waals surface area contributed by atoms with Gasteiger partial charge in [-0.2, -0.15) is 5.26 Å². The van der Waals surface area contributed by atoms with E-state index in [0.29, 0.717) is 17.1 Å². The molecule has 0 saturated heterocycles. The number of thioether (sulfide) groups is 1. The Morgan fingerprint density at radius 1 is 1.18 bits per heavy atom. The second-order valence-electron chi connectivity index (χ2n) is 9.41. The van der Waals surface area contributed by atoms with Crippen LogP contribution in [0.25, 0.3) is 0 Å². The van der Waals surface area contributed by atoms with Crippen LogP contribution in [0, 0.1) is 17.2 Å². The van der Waals surface area contributed by atoms with Crippen molar-refractivity contribution >= 4 is 34.0 Å². The quantitative estimate of drug-likeness (QED) is 0.325. The van der Waals surface area contributed by atoms with Crippen molar-refractivity contribution in [2.75, 3.05) is 11.1 Å². The van der Waals surface area contributed by atoms with E-state index < -0.39 is 0 Å². The Balaban J connectivity index is 1.37. The van der Waals surface area contributed by atoms with Crippen LogP contribution in [-0.4, -0.2) is 26.4 Å². The first-order valence-electron chi connectivity index (χ1n) is 12.7. The Labute approximate surface area is 211 Å². The summed E-state index contributed by atoms with van der Waals surface area (Å²) in [6.45, 7) is 4.53. The van der Waals surface area contributed by atoms with Gasteiger partial charge in [-0.05, 0) is 43.6 Å². The lowest BCUT2D eigenvalue weighted by molar-refractivity contribution is -0.113. The van der Waals surface area contributed by atoms with Gasteiger partial charge in [0.2, 0.25) is 5.91 Å². The largest absolute Gasteiger partial charge is 0.316 e. The number of aryl methyl sites for hydroxylation is 2. The lowest BCUT2D eigenvalue weighted by atomic mass is 9.86. The third kappa shape index (κ3) is 6.31. The van der Waals surface area contributed by atoms with Crippen molar-refractivity contribution in [3.05, 3.63) is 34.5 Å². The summed E-state index contributed by atoms with van der Waals surface area (Å²) in [5, 5.41) is 23.1. The molecule has 0 unspecified atom stereocenters.